The predicted molar refractivity (Wildman–Crippen MR) is 84.2 cm³/mol. The molecule has 0 unspecified atom stereocenters. The zero-order chi connectivity index (χ0) is 15.2. The fraction of sp³-hybridized carbons (Fsp3) is 0.353. The lowest BCUT2D eigenvalue weighted by molar-refractivity contribution is 0.411. The van der Waals surface area contributed by atoms with Crippen LogP contribution in [0.25, 0.3) is 0 Å². The van der Waals surface area contributed by atoms with E-state index in [2.05, 4.69) is 30.2 Å². The van der Waals surface area contributed by atoms with Crippen molar-refractivity contribution in [1.29, 1.82) is 0 Å². The Kier molecular flexibility index (Phi) is 5.17. The van der Waals surface area contributed by atoms with E-state index >= 15 is 0 Å². The summed E-state index contributed by atoms with van der Waals surface area (Å²) in [5.74, 6) is 2.23. The van der Waals surface area contributed by atoms with Gasteiger partial charge < -0.3 is 14.8 Å². The Bertz CT molecular complexity index is 594. The predicted octanol–water partition coefficient (Wildman–Crippen LogP) is 3.61. The average molecular weight is 286 g/mol. The molecule has 1 aromatic carbocycles. The molecule has 0 fully saturated rings. The number of aryl methyl sites for hydroxylation is 2. The molecule has 1 heterocycles. The summed E-state index contributed by atoms with van der Waals surface area (Å²) in [6.45, 7) is 7.81. The Morgan fingerprint density at radius 3 is 2.38 bits per heavy atom. The highest BCUT2D eigenvalue weighted by Gasteiger charge is 2.11. The second-order valence-corrected chi connectivity index (χ2v) is 4.92. The van der Waals surface area contributed by atoms with Gasteiger partial charge in [0.15, 0.2) is 0 Å². The van der Waals surface area contributed by atoms with Crippen LogP contribution in [0.3, 0.4) is 0 Å². The van der Waals surface area contributed by atoms with Gasteiger partial charge in [-0.1, -0.05) is 6.92 Å². The zero-order valence-corrected chi connectivity index (χ0v) is 13.1. The summed E-state index contributed by atoms with van der Waals surface area (Å²) in [7, 11) is 1.65. The first kappa shape index (κ1) is 15.3. The van der Waals surface area contributed by atoms with Gasteiger partial charge in [-0.25, -0.2) is 4.98 Å². The van der Waals surface area contributed by atoms with E-state index in [1.54, 1.807) is 7.11 Å². The smallest absolute Gasteiger partial charge is 0.224 e. The first-order valence-corrected chi connectivity index (χ1v) is 7.13. The van der Waals surface area contributed by atoms with Crippen molar-refractivity contribution in [3.8, 4) is 17.4 Å². The number of nitrogens with zero attached hydrogens (tertiary/aromatic N) is 1. The molecule has 4 nitrogen and oxygen atoms in total. The Labute approximate surface area is 126 Å². The van der Waals surface area contributed by atoms with Crippen molar-refractivity contribution in [3.63, 3.8) is 0 Å². The minimum absolute atomic E-state index is 0.665. The van der Waals surface area contributed by atoms with Crippen molar-refractivity contribution < 1.29 is 9.47 Å². The monoisotopic (exact) mass is 286 g/mol. The lowest BCUT2D eigenvalue weighted by Gasteiger charge is -2.14. The van der Waals surface area contributed by atoms with Gasteiger partial charge in [0.2, 0.25) is 5.88 Å². The highest BCUT2D eigenvalue weighted by atomic mass is 16.5. The van der Waals surface area contributed by atoms with Crippen LogP contribution >= 0.6 is 0 Å². The Morgan fingerprint density at radius 2 is 1.76 bits per heavy atom. The first-order chi connectivity index (χ1) is 10.1. The zero-order valence-electron chi connectivity index (χ0n) is 13.1. The van der Waals surface area contributed by atoms with Gasteiger partial charge in [0.05, 0.1) is 7.11 Å². The maximum atomic E-state index is 5.96. The van der Waals surface area contributed by atoms with Gasteiger partial charge in [-0.2, -0.15) is 0 Å². The van der Waals surface area contributed by atoms with Gasteiger partial charge in [-0.05, 0) is 56.3 Å². The Morgan fingerprint density at radius 1 is 1.10 bits per heavy atom. The molecule has 21 heavy (non-hydrogen) atoms. The molecule has 0 amide bonds. The number of methoxy groups -OCH3 is 1. The molecule has 0 radical (unpaired) electrons. The maximum absolute atomic E-state index is 5.96. The quantitative estimate of drug-likeness (QED) is 0.881. The number of ether oxygens (including phenoxy) is 2. The van der Waals surface area contributed by atoms with E-state index in [-0.39, 0.29) is 0 Å². The van der Waals surface area contributed by atoms with Gasteiger partial charge >= 0.3 is 0 Å². The largest absolute Gasteiger partial charge is 0.497 e. The lowest BCUT2D eigenvalue weighted by atomic mass is 10.1. The molecule has 2 rings (SSSR count). The van der Waals surface area contributed by atoms with Crippen molar-refractivity contribution in [2.24, 2.45) is 0 Å². The number of hydrogen-bond donors (Lipinski definition) is 1. The summed E-state index contributed by atoms with van der Waals surface area (Å²) < 4.78 is 11.1. The van der Waals surface area contributed by atoms with Crippen molar-refractivity contribution in [2.75, 3.05) is 13.7 Å². The molecule has 0 aliphatic heterocycles. The van der Waals surface area contributed by atoms with Crippen LogP contribution in [-0.4, -0.2) is 18.6 Å². The van der Waals surface area contributed by atoms with Crippen LogP contribution in [0.1, 0.15) is 23.7 Å². The van der Waals surface area contributed by atoms with E-state index in [1.165, 1.54) is 5.56 Å². The third-order valence-electron chi connectivity index (χ3n) is 3.26. The Balaban J connectivity index is 2.28. The molecule has 0 spiro atoms. The van der Waals surface area contributed by atoms with Gasteiger partial charge in [0, 0.05) is 17.8 Å². The van der Waals surface area contributed by atoms with Crippen molar-refractivity contribution in [2.45, 2.75) is 27.3 Å². The van der Waals surface area contributed by atoms with Gasteiger partial charge in [0.25, 0.3) is 0 Å². The minimum atomic E-state index is 0.665. The third-order valence-corrected chi connectivity index (χ3v) is 3.26. The molecule has 0 aliphatic carbocycles. The number of nitrogens with one attached hydrogen (secondary N) is 1. The summed E-state index contributed by atoms with van der Waals surface area (Å²) in [6, 6.07) is 9.60. The molecule has 0 saturated carbocycles. The van der Waals surface area contributed by atoms with Gasteiger partial charge in [-0.15, -0.1) is 0 Å². The van der Waals surface area contributed by atoms with Gasteiger partial charge in [0.1, 0.15) is 11.5 Å². The molecule has 1 N–H and O–H groups in total. The number of benzene rings is 1. The third kappa shape index (κ3) is 3.95. The highest BCUT2D eigenvalue weighted by molar-refractivity contribution is 5.40. The molecule has 0 aliphatic rings. The summed E-state index contributed by atoms with van der Waals surface area (Å²) in [4.78, 5) is 4.53. The van der Waals surface area contributed by atoms with E-state index in [0.717, 1.165) is 35.8 Å². The molecule has 4 heteroatoms. The van der Waals surface area contributed by atoms with E-state index in [4.69, 9.17) is 9.47 Å². The SMILES string of the molecule is CCNCc1c(C)cc(C)nc1Oc1ccc(OC)cc1. The van der Waals surface area contributed by atoms with Crippen LogP contribution in [-0.2, 0) is 6.54 Å². The molecule has 0 atom stereocenters. The standard InChI is InChI=1S/C17H22N2O2/c1-5-18-11-16-12(2)10-13(3)19-17(16)21-15-8-6-14(20-4)7-9-15/h6-10,18H,5,11H2,1-4H3. The summed E-state index contributed by atoms with van der Waals surface area (Å²) in [5.41, 5.74) is 3.24. The molecule has 1 aromatic heterocycles. The van der Waals surface area contributed by atoms with E-state index < -0.39 is 0 Å². The number of pyridine rings is 1. The highest BCUT2D eigenvalue weighted by Crippen LogP contribution is 2.27. The number of hydrogen-bond acceptors (Lipinski definition) is 4. The van der Waals surface area contributed by atoms with Crippen LogP contribution in [0.4, 0.5) is 0 Å². The Hall–Kier alpha value is -2.07. The van der Waals surface area contributed by atoms with Crippen LogP contribution in [0, 0.1) is 13.8 Å². The normalized spacial score (nSPS) is 10.5. The summed E-state index contributed by atoms with van der Waals surface area (Å²) in [6.07, 6.45) is 0. The maximum Gasteiger partial charge on any atom is 0.224 e. The van der Waals surface area contributed by atoms with Crippen molar-refractivity contribution >= 4 is 0 Å². The summed E-state index contributed by atoms with van der Waals surface area (Å²) in [5, 5.41) is 3.33. The average Bonchev–Trinajstić information content (AvgIpc) is 2.47. The molecule has 0 bridgehead atoms. The van der Waals surface area contributed by atoms with Crippen LogP contribution in [0.5, 0.6) is 17.4 Å². The lowest BCUT2D eigenvalue weighted by Crippen LogP contribution is -2.14. The molecule has 0 saturated heterocycles. The van der Waals surface area contributed by atoms with Gasteiger partial charge in [-0.3, -0.25) is 0 Å². The number of aromatic nitrogens is 1. The van der Waals surface area contributed by atoms with Crippen molar-refractivity contribution in [1.82, 2.24) is 10.3 Å². The fourth-order valence-electron chi connectivity index (χ4n) is 2.13. The summed E-state index contributed by atoms with van der Waals surface area (Å²) >= 11 is 0. The van der Waals surface area contributed by atoms with Crippen LogP contribution in [0.2, 0.25) is 0 Å². The first-order valence-electron chi connectivity index (χ1n) is 7.13. The van der Waals surface area contributed by atoms with E-state index in [1.807, 2.05) is 31.2 Å². The van der Waals surface area contributed by atoms with Crippen LogP contribution < -0.4 is 14.8 Å². The minimum Gasteiger partial charge on any atom is -0.497 e. The molecule has 2 aromatic rings. The number of rotatable bonds is 6. The van der Waals surface area contributed by atoms with Crippen LogP contribution in [0.15, 0.2) is 30.3 Å². The topological polar surface area (TPSA) is 43.4 Å². The second-order valence-electron chi connectivity index (χ2n) is 4.92. The van der Waals surface area contributed by atoms with E-state index in [9.17, 15) is 0 Å². The fourth-order valence-corrected chi connectivity index (χ4v) is 2.13. The second kappa shape index (κ2) is 7.09. The molecular formula is C17H22N2O2. The van der Waals surface area contributed by atoms with Crippen molar-refractivity contribution in [3.05, 3.63) is 47.2 Å². The molecule has 112 valence electrons. The molecular weight excluding hydrogens is 264 g/mol. The van der Waals surface area contributed by atoms with E-state index in [0.29, 0.717) is 5.88 Å².